The van der Waals surface area contributed by atoms with Crippen molar-refractivity contribution in [2.75, 3.05) is 19.3 Å². The van der Waals surface area contributed by atoms with E-state index in [2.05, 4.69) is 60.7 Å². The van der Waals surface area contributed by atoms with Crippen molar-refractivity contribution in [2.45, 2.75) is 65.5 Å². The van der Waals surface area contributed by atoms with Crippen LogP contribution in [-0.2, 0) is 25.9 Å². The third kappa shape index (κ3) is 4.04. The van der Waals surface area contributed by atoms with Gasteiger partial charge in [0.15, 0.2) is 0 Å². The van der Waals surface area contributed by atoms with Gasteiger partial charge in [-0.05, 0) is 76.2 Å². The molecule has 4 rings (SSSR count). The monoisotopic (exact) mass is 390 g/mol. The van der Waals surface area contributed by atoms with Gasteiger partial charge < -0.3 is 15.2 Å². The molecule has 2 heterocycles. The molecule has 0 aliphatic heterocycles. The highest BCUT2D eigenvalue weighted by molar-refractivity contribution is 5.95. The normalized spacial score (nSPS) is 14.3. The maximum Gasteiger partial charge on any atom is 0.142 e. The fraction of sp³-hybridized carbons (Fsp3) is 0.480. The summed E-state index contributed by atoms with van der Waals surface area (Å²) in [6.07, 6.45) is 7.00. The average Bonchev–Trinajstić information content (AvgIpc) is 2.87. The van der Waals surface area contributed by atoms with E-state index < -0.39 is 0 Å². The number of nitrogen functional groups attached to an aromatic ring is 1. The third-order valence-electron chi connectivity index (χ3n) is 6.54. The molecule has 154 valence electrons. The van der Waals surface area contributed by atoms with Gasteiger partial charge in [0.2, 0.25) is 0 Å². The van der Waals surface area contributed by atoms with Crippen molar-refractivity contribution in [1.29, 1.82) is 0 Å². The molecule has 0 amide bonds. The molecule has 2 aromatic heterocycles. The van der Waals surface area contributed by atoms with Gasteiger partial charge in [-0.3, -0.25) is 0 Å². The molecule has 1 aliphatic rings. The van der Waals surface area contributed by atoms with Crippen LogP contribution < -0.4 is 5.73 Å². The van der Waals surface area contributed by atoms with Gasteiger partial charge in [0.25, 0.3) is 0 Å². The van der Waals surface area contributed by atoms with E-state index in [0.717, 1.165) is 50.2 Å². The summed E-state index contributed by atoms with van der Waals surface area (Å²) >= 11 is 0. The maximum atomic E-state index is 6.69. The van der Waals surface area contributed by atoms with Crippen LogP contribution >= 0.6 is 0 Å². The van der Waals surface area contributed by atoms with Crippen molar-refractivity contribution in [1.82, 2.24) is 14.5 Å². The van der Waals surface area contributed by atoms with Crippen molar-refractivity contribution < 1.29 is 0 Å². The number of rotatable bonds is 6. The second-order valence-electron chi connectivity index (χ2n) is 8.65. The lowest BCUT2D eigenvalue weighted by atomic mass is 10.0. The summed E-state index contributed by atoms with van der Waals surface area (Å²) in [7, 11) is 2.20. The molecule has 0 unspecified atom stereocenters. The molecular formula is C25H34N4. The van der Waals surface area contributed by atoms with E-state index in [1.165, 1.54) is 52.7 Å². The van der Waals surface area contributed by atoms with E-state index in [1.807, 2.05) is 0 Å². The van der Waals surface area contributed by atoms with Crippen LogP contribution in [0, 0.1) is 13.8 Å². The highest BCUT2D eigenvalue weighted by Crippen LogP contribution is 2.35. The molecule has 4 nitrogen and oxygen atoms in total. The Morgan fingerprint density at radius 2 is 1.83 bits per heavy atom. The Morgan fingerprint density at radius 1 is 1.07 bits per heavy atom. The number of nitrogens with two attached hydrogens (primary N) is 1. The van der Waals surface area contributed by atoms with Gasteiger partial charge in [-0.2, -0.15) is 0 Å². The molecule has 0 radical (unpaired) electrons. The van der Waals surface area contributed by atoms with Crippen molar-refractivity contribution in [2.24, 2.45) is 0 Å². The number of benzene rings is 1. The van der Waals surface area contributed by atoms with Crippen molar-refractivity contribution >= 4 is 16.7 Å². The Balaban J connectivity index is 1.53. The molecule has 0 saturated heterocycles. The molecule has 4 heteroatoms. The van der Waals surface area contributed by atoms with E-state index >= 15 is 0 Å². The molecule has 0 atom stereocenters. The predicted octanol–water partition coefficient (Wildman–Crippen LogP) is 5.03. The molecule has 0 bridgehead atoms. The molecule has 0 spiro atoms. The second-order valence-corrected chi connectivity index (χ2v) is 8.65. The van der Waals surface area contributed by atoms with E-state index in [9.17, 15) is 0 Å². The lowest BCUT2D eigenvalue weighted by Crippen LogP contribution is -2.20. The zero-order chi connectivity index (χ0) is 20.4. The first-order chi connectivity index (χ1) is 14.1. The lowest BCUT2D eigenvalue weighted by Gasteiger charge is -2.18. The summed E-state index contributed by atoms with van der Waals surface area (Å²) in [5.41, 5.74) is 15.3. The molecular weight excluding hydrogens is 356 g/mol. The zero-order valence-corrected chi connectivity index (χ0v) is 18.2. The van der Waals surface area contributed by atoms with Crippen LogP contribution in [-0.4, -0.2) is 28.0 Å². The minimum absolute atomic E-state index is 0.987. The van der Waals surface area contributed by atoms with E-state index in [-0.39, 0.29) is 0 Å². The first-order valence-corrected chi connectivity index (χ1v) is 11.1. The average molecular weight is 391 g/mol. The first kappa shape index (κ1) is 20.0. The highest BCUT2D eigenvalue weighted by Gasteiger charge is 2.21. The van der Waals surface area contributed by atoms with Gasteiger partial charge in [-0.25, -0.2) is 4.98 Å². The quantitative estimate of drug-likeness (QED) is 0.601. The molecule has 3 aromatic rings. The predicted molar refractivity (Wildman–Crippen MR) is 122 cm³/mol. The Bertz CT molecular complexity index is 987. The molecule has 1 aliphatic carbocycles. The van der Waals surface area contributed by atoms with Gasteiger partial charge in [0.05, 0.1) is 0 Å². The fourth-order valence-electron chi connectivity index (χ4n) is 4.79. The molecule has 0 saturated carbocycles. The summed E-state index contributed by atoms with van der Waals surface area (Å²) in [6, 6.07) is 10.7. The van der Waals surface area contributed by atoms with Crippen LogP contribution in [0.15, 0.2) is 30.3 Å². The Labute approximate surface area is 174 Å². The van der Waals surface area contributed by atoms with Crippen molar-refractivity contribution in [3.63, 3.8) is 0 Å². The number of hydrogen-bond acceptors (Lipinski definition) is 3. The summed E-state index contributed by atoms with van der Waals surface area (Å²) in [5.74, 6) is 0. The standard InChI is InChI=1S/C25H34N4/c1-18-19(2)29(16-10-15-28(3)17-20-11-6-4-7-12-20)25-23(18)24(26)21-13-8-5-9-14-22(21)27-25/h4,6-7,11-12H,5,8-10,13-17H2,1-3H3,(H2,26,27). The maximum absolute atomic E-state index is 6.69. The van der Waals surface area contributed by atoms with E-state index in [1.54, 1.807) is 0 Å². The minimum Gasteiger partial charge on any atom is -0.398 e. The van der Waals surface area contributed by atoms with E-state index in [0.29, 0.717) is 0 Å². The largest absolute Gasteiger partial charge is 0.398 e. The lowest BCUT2D eigenvalue weighted by molar-refractivity contribution is 0.314. The topological polar surface area (TPSA) is 47.1 Å². The Hall–Kier alpha value is -2.33. The number of anilines is 1. The SMILES string of the molecule is Cc1c(C)n(CCCN(C)Cc2ccccc2)c2nc3c(c(N)c12)CCCCC3. The van der Waals surface area contributed by atoms with Gasteiger partial charge in [-0.1, -0.05) is 36.8 Å². The number of aryl methyl sites for hydroxylation is 3. The van der Waals surface area contributed by atoms with Crippen molar-refractivity contribution in [3.8, 4) is 0 Å². The molecule has 1 aromatic carbocycles. The zero-order valence-electron chi connectivity index (χ0n) is 18.2. The van der Waals surface area contributed by atoms with Crippen LogP contribution in [0.5, 0.6) is 0 Å². The number of aromatic nitrogens is 2. The second kappa shape index (κ2) is 8.58. The fourth-order valence-corrected chi connectivity index (χ4v) is 4.79. The number of hydrogen-bond donors (Lipinski definition) is 1. The van der Waals surface area contributed by atoms with Gasteiger partial charge >= 0.3 is 0 Å². The summed E-state index contributed by atoms with van der Waals surface area (Å²) in [5, 5.41) is 1.20. The number of fused-ring (bicyclic) bond motifs is 2. The van der Waals surface area contributed by atoms with Crippen LogP contribution in [0.2, 0.25) is 0 Å². The molecule has 0 fully saturated rings. The Kier molecular flexibility index (Phi) is 5.91. The number of pyridine rings is 1. The molecule has 2 N–H and O–H groups in total. The van der Waals surface area contributed by atoms with E-state index in [4.69, 9.17) is 10.7 Å². The summed E-state index contributed by atoms with van der Waals surface area (Å²) in [4.78, 5) is 7.55. The van der Waals surface area contributed by atoms with Gasteiger partial charge in [0.1, 0.15) is 5.65 Å². The highest BCUT2D eigenvalue weighted by atomic mass is 15.1. The van der Waals surface area contributed by atoms with Crippen molar-refractivity contribution in [3.05, 3.63) is 58.4 Å². The van der Waals surface area contributed by atoms with Gasteiger partial charge in [0, 0.05) is 35.6 Å². The van der Waals surface area contributed by atoms with Crippen LogP contribution in [0.1, 0.15) is 53.8 Å². The minimum atomic E-state index is 0.987. The Morgan fingerprint density at radius 3 is 2.62 bits per heavy atom. The summed E-state index contributed by atoms with van der Waals surface area (Å²) in [6.45, 7) is 7.46. The van der Waals surface area contributed by atoms with Gasteiger partial charge in [-0.15, -0.1) is 0 Å². The smallest absolute Gasteiger partial charge is 0.142 e. The van der Waals surface area contributed by atoms with Crippen LogP contribution in [0.4, 0.5) is 5.69 Å². The van der Waals surface area contributed by atoms with Crippen LogP contribution in [0.25, 0.3) is 11.0 Å². The third-order valence-corrected chi connectivity index (χ3v) is 6.54. The molecule has 29 heavy (non-hydrogen) atoms. The number of nitrogens with zero attached hydrogens (tertiary/aromatic N) is 3. The van der Waals surface area contributed by atoms with Crippen LogP contribution in [0.3, 0.4) is 0 Å². The first-order valence-electron chi connectivity index (χ1n) is 11.1. The summed E-state index contributed by atoms with van der Waals surface area (Å²) < 4.78 is 2.41.